The Morgan fingerprint density at radius 2 is 1.94 bits per heavy atom. The average molecular weight is 241 g/mol. The van der Waals surface area contributed by atoms with E-state index in [1.807, 2.05) is 31.2 Å². The molecule has 0 aromatic heterocycles. The Morgan fingerprint density at radius 3 is 2.44 bits per heavy atom. The lowest BCUT2D eigenvalue weighted by molar-refractivity contribution is 0.566. The van der Waals surface area contributed by atoms with E-state index in [1.165, 1.54) is 17.4 Å². The van der Waals surface area contributed by atoms with Crippen LogP contribution in [0.2, 0.25) is 0 Å². The molecule has 0 aliphatic carbocycles. The van der Waals surface area contributed by atoms with E-state index in [2.05, 4.69) is 5.32 Å². The van der Waals surface area contributed by atoms with Crippen molar-refractivity contribution in [1.29, 1.82) is 0 Å². The first-order chi connectivity index (χ1) is 7.42. The molecule has 1 N–H and O–H groups in total. The van der Waals surface area contributed by atoms with Crippen molar-refractivity contribution in [3.8, 4) is 0 Å². The lowest BCUT2D eigenvalue weighted by atomic mass is 10.0. The Bertz CT molecular complexity index is 440. The van der Waals surface area contributed by atoms with Gasteiger partial charge in [0.1, 0.15) is 9.84 Å². The molecular formula is C12H19NO2S. The van der Waals surface area contributed by atoms with Crippen LogP contribution in [0.3, 0.4) is 0 Å². The van der Waals surface area contributed by atoms with Crippen LogP contribution in [0.25, 0.3) is 0 Å². The van der Waals surface area contributed by atoms with Crippen LogP contribution in [0, 0.1) is 6.92 Å². The minimum atomic E-state index is -2.93. The number of benzene rings is 1. The molecule has 0 heterocycles. The fourth-order valence-corrected chi connectivity index (χ4v) is 2.73. The van der Waals surface area contributed by atoms with Crippen molar-refractivity contribution < 1.29 is 8.42 Å². The van der Waals surface area contributed by atoms with E-state index < -0.39 is 9.84 Å². The first-order valence-electron chi connectivity index (χ1n) is 5.32. The van der Waals surface area contributed by atoms with Gasteiger partial charge in [-0.3, -0.25) is 0 Å². The molecule has 0 saturated heterocycles. The van der Waals surface area contributed by atoms with Gasteiger partial charge in [0, 0.05) is 12.3 Å². The molecular weight excluding hydrogens is 222 g/mol. The standard InChI is InChI=1S/C12H19NO2S/c1-10-6-4-5-7-11(10)8-12(13-2)9-16(3,14)15/h4-7,12-13H,8-9H2,1-3H3. The Morgan fingerprint density at radius 1 is 1.31 bits per heavy atom. The van der Waals surface area contributed by atoms with E-state index in [-0.39, 0.29) is 11.8 Å². The molecule has 1 unspecified atom stereocenters. The third-order valence-corrected chi connectivity index (χ3v) is 3.65. The summed E-state index contributed by atoms with van der Waals surface area (Å²) in [5.74, 6) is 0.178. The van der Waals surface area contributed by atoms with Crippen molar-refractivity contribution in [1.82, 2.24) is 5.32 Å². The van der Waals surface area contributed by atoms with Crippen molar-refractivity contribution in [3.05, 3.63) is 35.4 Å². The highest BCUT2D eigenvalue weighted by molar-refractivity contribution is 7.90. The normalized spacial score (nSPS) is 13.7. The molecule has 3 nitrogen and oxygen atoms in total. The Kier molecular flexibility index (Phi) is 4.50. The maximum absolute atomic E-state index is 11.2. The summed E-state index contributed by atoms with van der Waals surface area (Å²) in [6.45, 7) is 2.04. The molecule has 0 spiro atoms. The van der Waals surface area contributed by atoms with Crippen molar-refractivity contribution >= 4 is 9.84 Å². The molecule has 0 aliphatic heterocycles. The topological polar surface area (TPSA) is 46.2 Å². The maximum atomic E-state index is 11.2. The Labute approximate surface area is 97.8 Å². The molecule has 1 atom stereocenters. The van der Waals surface area contributed by atoms with Gasteiger partial charge >= 0.3 is 0 Å². The summed E-state index contributed by atoms with van der Waals surface area (Å²) >= 11 is 0. The summed E-state index contributed by atoms with van der Waals surface area (Å²) in [5, 5.41) is 3.06. The quantitative estimate of drug-likeness (QED) is 0.841. The minimum absolute atomic E-state index is 0.0175. The third kappa shape index (κ3) is 4.33. The van der Waals surface area contributed by atoms with Crippen LogP contribution in [0.5, 0.6) is 0 Å². The lowest BCUT2D eigenvalue weighted by Crippen LogP contribution is -2.34. The van der Waals surface area contributed by atoms with E-state index in [9.17, 15) is 8.42 Å². The summed E-state index contributed by atoms with van der Waals surface area (Å²) in [6.07, 6.45) is 2.02. The summed E-state index contributed by atoms with van der Waals surface area (Å²) in [4.78, 5) is 0. The molecule has 0 saturated carbocycles. The second kappa shape index (κ2) is 5.46. The van der Waals surface area contributed by atoms with Crippen molar-refractivity contribution in [2.45, 2.75) is 19.4 Å². The SMILES string of the molecule is CNC(Cc1ccccc1C)CS(C)(=O)=O. The highest BCUT2D eigenvalue weighted by Gasteiger charge is 2.14. The number of sulfone groups is 1. The smallest absolute Gasteiger partial charge is 0.148 e. The number of hydrogen-bond donors (Lipinski definition) is 1. The lowest BCUT2D eigenvalue weighted by Gasteiger charge is -2.16. The zero-order valence-electron chi connectivity index (χ0n) is 10.0. The Hall–Kier alpha value is -0.870. The molecule has 1 aromatic rings. The van der Waals surface area contributed by atoms with Crippen molar-refractivity contribution in [2.75, 3.05) is 19.1 Å². The molecule has 0 bridgehead atoms. The highest BCUT2D eigenvalue weighted by atomic mass is 32.2. The molecule has 0 aliphatic rings. The number of hydrogen-bond acceptors (Lipinski definition) is 3. The molecule has 4 heteroatoms. The average Bonchev–Trinajstić information content (AvgIpc) is 2.18. The third-order valence-electron chi connectivity index (χ3n) is 2.64. The van der Waals surface area contributed by atoms with Gasteiger partial charge in [0.05, 0.1) is 5.75 Å². The van der Waals surface area contributed by atoms with Crippen LogP contribution >= 0.6 is 0 Å². The van der Waals surface area contributed by atoms with Crippen LogP contribution in [0.15, 0.2) is 24.3 Å². The molecule has 90 valence electrons. The van der Waals surface area contributed by atoms with Gasteiger partial charge in [-0.15, -0.1) is 0 Å². The molecule has 0 amide bonds. The highest BCUT2D eigenvalue weighted by Crippen LogP contribution is 2.10. The number of aryl methyl sites for hydroxylation is 1. The zero-order valence-corrected chi connectivity index (χ0v) is 10.8. The fourth-order valence-electron chi connectivity index (χ4n) is 1.71. The number of likely N-dealkylation sites (N-methyl/N-ethyl adjacent to an activating group) is 1. The summed E-state index contributed by atoms with van der Waals surface area (Å²) in [6, 6.07) is 8.04. The van der Waals surface area contributed by atoms with Crippen LogP contribution in [0.1, 0.15) is 11.1 Å². The van der Waals surface area contributed by atoms with Gasteiger partial charge in [-0.2, -0.15) is 0 Å². The van der Waals surface area contributed by atoms with E-state index in [0.717, 1.165) is 6.42 Å². The van der Waals surface area contributed by atoms with Crippen LogP contribution in [-0.2, 0) is 16.3 Å². The maximum Gasteiger partial charge on any atom is 0.148 e. The second-order valence-electron chi connectivity index (χ2n) is 4.21. The molecule has 16 heavy (non-hydrogen) atoms. The van der Waals surface area contributed by atoms with Gasteiger partial charge in [0.2, 0.25) is 0 Å². The van der Waals surface area contributed by atoms with Crippen LogP contribution < -0.4 is 5.32 Å². The Balaban J connectivity index is 2.75. The van der Waals surface area contributed by atoms with Crippen molar-refractivity contribution in [3.63, 3.8) is 0 Å². The number of rotatable bonds is 5. The summed E-state index contributed by atoms with van der Waals surface area (Å²) in [5.41, 5.74) is 2.40. The molecule has 1 aromatic carbocycles. The predicted octanol–water partition coefficient (Wildman–Crippen LogP) is 1.17. The number of nitrogens with one attached hydrogen (secondary N) is 1. The van der Waals surface area contributed by atoms with Crippen molar-refractivity contribution in [2.24, 2.45) is 0 Å². The minimum Gasteiger partial charge on any atom is -0.316 e. The van der Waals surface area contributed by atoms with Gasteiger partial charge in [-0.25, -0.2) is 8.42 Å². The van der Waals surface area contributed by atoms with Gasteiger partial charge in [-0.1, -0.05) is 24.3 Å². The van der Waals surface area contributed by atoms with E-state index >= 15 is 0 Å². The largest absolute Gasteiger partial charge is 0.316 e. The first kappa shape index (κ1) is 13.2. The van der Waals surface area contributed by atoms with Crippen LogP contribution in [-0.4, -0.2) is 33.5 Å². The molecule has 0 radical (unpaired) electrons. The zero-order chi connectivity index (χ0) is 12.2. The second-order valence-corrected chi connectivity index (χ2v) is 6.39. The van der Waals surface area contributed by atoms with E-state index in [1.54, 1.807) is 7.05 Å². The van der Waals surface area contributed by atoms with Crippen LogP contribution in [0.4, 0.5) is 0 Å². The van der Waals surface area contributed by atoms with Gasteiger partial charge in [0.15, 0.2) is 0 Å². The summed E-state index contributed by atoms with van der Waals surface area (Å²) < 4.78 is 22.5. The predicted molar refractivity (Wildman–Crippen MR) is 67.4 cm³/mol. The van der Waals surface area contributed by atoms with E-state index in [4.69, 9.17) is 0 Å². The van der Waals surface area contributed by atoms with Gasteiger partial charge in [0.25, 0.3) is 0 Å². The molecule has 1 rings (SSSR count). The molecule has 0 fully saturated rings. The van der Waals surface area contributed by atoms with E-state index in [0.29, 0.717) is 0 Å². The monoisotopic (exact) mass is 241 g/mol. The fraction of sp³-hybridized carbons (Fsp3) is 0.500. The van der Waals surface area contributed by atoms with Gasteiger partial charge < -0.3 is 5.32 Å². The summed E-state index contributed by atoms with van der Waals surface area (Å²) in [7, 11) is -1.13. The van der Waals surface area contributed by atoms with Gasteiger partial charge in [-0.05, 0) is 31.5 Å². The first-order valence-corrected chi connectivity index (χ1v) is 7.38.